The van der Waals surface area contributed by atoms with Crippen molar-refractivity contribution in [3.8, 4) is 5.75 Å². The maximum atomic E-state index is 13.0. The van der Waals surface area contributed by atoms with Crippen molar-refractivity contribution in [2.45, 2.75) is 59.0 Å². The predicted octanol–water partition coefficient (Wildman–Crippen LogP) is 5.55. The number of unbranched alkanes of at least 4 members (excludes halogenated alkanes) is 1. The molecule has 2 rings (SSSR count). The van der Waals surface area contributed by atoms with E-state index >= 15 is 0 Å². The van der Waals surface area contributed by atoms with Crippen LogP contribution in [0, 0.1) is 0 Å². The first-order valence-electron chi connectivity index (χ1n) is 9.65. The second-order valence-electron chi connectivity index (χ2n) is 6.73. The van der Waals surface area contributed by atoms with Crippen molar-refractivity contribution in [2.75, 3.05) is 18.5 Å². The van der Waals surface area contributed by atoms with Gasteiger partial charge in [-0.25, -0.2) is 0 Å². The lowest BCUT2D eigenvalue weighted by Crippen LogP contribution is -2.43. The summed E-state index contributed by atoms with van der Waals surface area (Å²) in [6.45, 7) is 9.22. The predicted molar refractivity (Wildman–Crippen MR) is 108 cm³/mol. The molecule has 1 amide bonds. The number of carbonyl (C=O) groups is 1. The number of hydrogen-bond acceptors (Lipinski definition) is 3. The molecule has 1 unspecified atom stereocenters. The Hall–Kier alpha value is -2.07. The minimum absolute atomic E-state index is 0.0892. The number of benzene rings is 2. The average molecular weight is 357 g/mol. The maximum absolute atomic E-state index is 13.0. The molecular weight excluding hydrogens is 326 g/mol. The van der Waals surface area contributed by atoms with Gasteiger partial charge in [-0.15, -0.1) is 0 Å². The average Bonchev–Trinajstić information content (AvgIpc) is 2.66. The molecule has 142 valence electrons. The van der Waals surface area contributed by atoms with Gasteiger partial charge in [0.2, 0.25) is 0 Å². The molecule has 0 bridgehead atoms. The molecular formula is C22H31NO3. The van der Waals surface area contributed by atoms with Crippen LogP contribution in [0.15, 0.2) is 36.4 Å². The molecule has 0 spiro atoms. The van der Waals surface area contributed by atoms with Crippen molar-refractivity contribution in [1.29, 1.82) is 0 Å². The molecule has 0 fully saturated rings. The van der Waals surface area contributed by atoms with E-state index in [0.717, 1.165) is 41.5 Å². The molecule has 2 aromatic rings. The van der Waals surface area contributed by atoms with Crippen LogP contribution in [0.1, 0.15) is 53.4 Å². The summed E-state index contributed by atoms with van der Waals surface area (Å²) in [4.78, 5) is 13.0. The molecule has 1 N–H and O–H groups in total. The summed E-state index contributed by atoms with van der Waals surface area (Å²) >= 11 is 0. The fraction of sp³-hybridized carbons (Fsp3) is 0.500. The quantitative estimate of drug-likeness (QED) is 0.606. The first kappa shape index (κ1) is 20.2. The lowest BCUT2D eigenvalue weighted by molar-refractivity contribution is -0.140. The van der Waals surface area contributed by atoms with Crippen LogP contribution in [0.5, 0.6) is 5.75 Å². The summed E-state index contributed by atoms with van der Waals surface area (Å²) in [6, 6.07) is 11.8. The number of anilines is 1. The molecule has 0 saturated heterocycles. The highest BCUT2D eigenvalue weighted by molar-refractivity contribution is 6.06. The van der Waals surface area contributed by atoms with E-state index < -0.39 is 5.60 Å². The summed E-state index contributed by atoms with van der Waals surface area (Å²) in [5.41, 5.74) is -0.0250. The minimum Gasteiger partial charge on any atom is -0.493 e. The largest absolute Gasteiger partial charge is 0.493 e. The van der Waals surface area contributed by atoms with Gasteiger partial charge in [0, 0.05) is 23.1 Å². The van der Waals surface area contributed by atoms with Gasteiger partial charge in [-0.05, 0) is 38.8 Å². The molecule has 4 heteroatoms. The number of amides is 1. The van der Waals surface area contributed by atoms with E-state index in [9.17, 15) is 4.79 Å². The van der Waals surface area contributed by atoms with Gasteiger partial charge >= 0.3 is 0 Å². The Morgan fingerprint density at radius 1 is 1.04 bits per heavy atom. The Morgan fingerprint density at radius 2 is 1.77 bits per heavy atom. The SMILES string of the molecule is CCCCC(C)(OCCC)C(=O)Nc1ccc(OCC)c2ccccc12. The van der Waals surface area contributed by atoms with Gasteiger partial charge in [-0.2, -0.15) is 0 Å². The standard InChI is InChI=1S/C22H31NO3/c1-5-8-15-22(4,26-16-6-2)21(24)23-19-13-14-20(25-7-3)18-12-10-9-11-17(18)19/h9-14H,5-8,15-16H2,1-4H3,(H,23,24). The van der Waals surface area contributed by atoms with Gasteiger partial charge < -0.3 is 14.8 Å². The van der Waals surface area contributed by atoms with Crippen molar-refractivity contribution >= 4 is 22.4 Å². The third-order valence-electron chi connectivity index (χ3n) is 4.54. The normalized spacial score (nSPS) is 13.4. The highest BCUT2D eigenvalue weighted by Crippen LogP contribution is 2.32. The fourth-order valence-corrected chi connectivity index (χ4v) is 3.01. The van der Waals surface area contributed by atoms with E-state index in [4.69, 9.17) is 9.47 Å². The molecule has 2 aromatic carbocycles. The van der Waals surface area contributed by atoms with Gasteiger partial charge in [-0.1, -0.05) is 51.0 Å². The zero-order chi connectivity index (χ0) is 19.0. The van der Waals surface area contributed by atoms with Crippen LogP contribution in [0.2, 0.25) is 0 Å². The Kier molecular flexibility index (Phi) is 7.46. The van der Waals surface area contributed by atoms with E-state index in [2.05, 4.69) is 19.2 Å². The molecule has 26 heavy (non-hydrogen) atoms. The summed E-state index contributed by atoms with van der Waals surface area (Å²) in [5.74, 6) is 0.741. The maximum Gasteiger partial charge on any atom is 0.256 e. The number of rotatable bonds is 10. The Balaban J connectivity index is 2.30. The van der Waals surface area contributed by atoms with Crippen molar-refractivity contribution in [3.05, 3.63) is 36.4 Å². The van der Waals surface area contributed by atoms with Crippen LogP contribution < -0.4 is 10.1 Å². The van der Waals surface area contributed by atoms with Crippen molar-refractivity contribution in [1.82, 2.24) is 0 Å². The van der Waals surface area contributed by atoms with Crippen LogP contribution in [0.3, 0.4) is 0 Å². The molecule has 0 radical (unpaired) electrons. The second kappa shape index (κ2) is 9.58. The number of hydrogen-bond donors (Lipinski definition) is 1. The topological polar surface area (TPSA) is 47.6 Å². The first-order valence-corrected chi connectivity index (χ1v) is 9.65. The van der Waals surface area contributed by atoms with Crippen LogP contribution in [0.25, 0.3) is 10.8 Å². The molecule has 0 aliphatic carbocycles. The van der Waals surface area contributed by atoms with Gasteiger partial charge in [0.1, 0.15) is 11.4 Å². The molecule has 0 heterocycles. The van der Waals surface area contributed by atoms with Crippen LogP contribution in [-0.2, 0) is 9.53 Å². The van der Waals surface area contributed by atoms with Crippen LogP contribution in [-0.4, -0.2) is 24.7 Å². The Labute approximate surface area is 156 Å². The third-order valence-corrected chi connectivity index (χ3v) is 4.54. The minimum atomic E-state index is -0.814. The van der Waals surface area contributed by atoms with Crippen molar-refractivity contribution in [3.63, 3.8) is 0 Å². The first-order chi connectivity index (χ1) is 12.6. The number of fused-ring (bicyclic) bond motifs is 1. The number of ether oxygens (including phenoxy) is 2. The summed E-state index contributed by atoms with van der Waals surface area (Å²) in [6.07, 6.45) is 3.59. The zero-order valence-corrected chi connectivity index (χ0v) is 16.4. The van der Waals surface area contributed by atoms with Crippen molar-refractivity contribution in [2.24, 2.45) is 0 Å². The van der Waals surface area contributed by atoms with Gasteiger partial charge in [0.15, 0.2) is 0 Å². The zero-order valence-electron chi connectivity index (χ0n) is 16.4. The van der Waals surface area contributed by atoms with Crippen LogP contribution in [0.4, 0.5) is 5.69 Å². The van der Waals surface area contributed by atoms with E-state index in [-0.39, 0.29) is 5.91 Å². The lowest BCUT2D eigenvalue weighted by atomic mass is 9.97. The van der Waals surface area contributed by atoms with Gasteiger partial charge in [0.25, 0.3) is 5.91 Å². The van der Waals surface area contributed by atoms with Crippen molar-refractivity contribution < 1.29 is 14.3 Å². The second-order valence-corrected chi connectivity index (χ2v) is 6.73. The highest BCUT2D eigenvalue weighted by Gasteiger charge is 2.33. The Morgan fingerprint density at radius 3 is 2.42 bits per heavy atom. The molecule has 0 aromatic heterocycles. The van der Waals surface area contributed by atoms with E-state index in [1.807, 2.05) is 50.2 Å². The lowest BCUT2D eigenvalue weighted by Gasteiger charge is -2.29. The summed E-state index contributed by atoms with van der Waals surface area (Å²) in [7, 11) is 0. The van der Waals surface area contributed by atoms with E-state index in [1.165, 1.54) is 0 Å². The molecule has 0 saturated carbocycles. The van der Waals surface area contributed by atoms with Gasteiger partial charge in [-0.3, -0.25) is 4.79 Å². The number of nitrogens with one attached hydrogen (secondary N) is 1. The monoisotopic (exact) mass is 357 g/mol. The third kappa shape index (κ3) is 4.76. The fourth-order valence-electron chi connectivity index (χ4n) is 3.01. The van der Waals surface area contributed by atoms with E-state index in [1.54, 1.807) is 0 Å². The van der Waals surface area contributed by atoms with Crippen LogP contribution >= 0.6 is 0 Å². The summed E-state index contributed by atoms with van der Waals surface area (Å²) < 4.78 is 11.7. The molecule has 0 aliphatic rings. The molecule has 4 nitrogen and oxygen atoms in total. The highest BCUT2D eigenvalue weighted by atomic mass is 16.5. The number of carbonyl (C=O) groups excluding carboxylic acids is 1. The van der Waals surface area contributed by atoms with E-state index in [0.29, 0.717) is 19.6 Å². The summed E-state index contributed by atoms with van der Waals surface area (Å²) in [5, 5.41) is 5.06. The van der Waals surface area contributed by atoms with Gasteiger partial charge in [0.05, 0.1) is 6.61 Å². The smallest absolute Gasteiger partial charge is 0.256 e. The Bertz CT molecular complexity index is 718. The molecule has 0 aliphatic heterocycles. The molecule has 1 atom stereocenters.